The van der Waals surface area contributed by atoms with Crippen molar-refractivity contribution in [1.29, 1.82) is 0 Å². The molecule has 4 unspecified atom stereocenters. The minimum Gasteiger partial charge on any atom is -0.480 e. The molecular weight excluding hydrogens is 548 g/mol. The molecule has 13 nitrogen and oxygen atoms in total. The van der Waals surface area contributed by atoms with Crippen molar-refractivity contribution in [3.63, 3.8) is 0 Å². The topological polar surface area (TPSA) is 231 Å². The van der Waals surface area contributed by atoms with Crippen LogP contribution in [-0.2, 0) is 25.6 Å². The van der Waals surface area contributed by atoms with Gasteiger partial charge >= 0.3 is 5.97 Å². The van der Waals surface area contributed by atoms with Crippen LogP contribution in [0.4, 0.5) is 0 Å². The number of carboxylic acids is 1. The number of carbonyl (C=O) groups is 4. The number of hydrogen-bond acceptors (Lipinski definition) is 7. The number of carboxylic acid groups (broad SMARTS) is 1. The third-order valence-electron chi connectivity index (χ3n) is 6.50. The fraction of sp³-hybridized carbons (Fsp3) is 0.519. The maximum absolute atomic E-state index is 13.3. The van der Waals surface area contributed by atoms with Crippen LogP contribution in [-0.4, -0.2) is 82.5 Å². The number of nitrogens with one attached hydrogen (secondary N) is 4. The second-order valence-corrected chi connectivity index (χ2v) is 11.1. The Balaban J connectivity index is 2.12. The first-order valence-electron chi connectivity index (χ1n) is 13.4. The van der Waals surface area contributed by atoms with Gasteiger partial charge in [0.1, 0.15) is 18.1 Å². The van der Waals surface area contributed by atoms with Crippen LogP contribution in [0.1, 0.15) is 38.7 Å². The second-order valence-electron chi connectivity index (χ2n) is 10.1. The number of nitrogens with two attached hydrogens (primary N) is 3. The van der Waals surface area contributed by atoms with Crippen LogP contribution < -0.4 is 33.2 Å². The highest BCUT2D eigenvalue weighted by molar-refractivity contribution is 7.98. The average molecular weight is 591 g/mol. The molecule has 0 bridgehead atoms. The Morgan fingerprint density at radius 2 is 1.68 bits per heavy atom. The summed E-state index contributed by atoms with van der Waals surface area (Å²) >= 11 is 1.45. The summed E-state index contributed by atoms with van der Waals surface area (Å²) in [6.07, 6.45) is 4.59. The van der Waals surface area contributed by atoms with Crippen LogP contribution in [0.3, 0.4) is 0 Å². The molecule has 0 aliphatic heterocycles. The molecule has 14 heteroatoms. The normalized spacial score (nSPS) is 14.1. The molecule has 0 saturated heterocycles. The van der Waals surface area contributed by atoms with Crippen LogP contribution in [0.2, 0.25) is 0 Å². The number of hydrogen-bond donors (Lipinski definition) is 8. The van der Waals surface area contributed by atoms with Gasteiger partial charge in [-0.3, -0.25) is 19.4 Å². The van der Waals surface area contributed by atoms with E-state index in [-0.39, 0.29) is 37.7 Å². The van der Waals surface area contributed by atoms with Crippen LogP contribution in [0.25, 0.3) is 10.9 Å². The summed E-state index contributed by atoms with van der Waals surface area (Å²) in [7, 11) is 0. The van der Waals surface area contributed by atoms with Gasteiger partial charge in [-0.05, 0) is 55.2 Å². The molecule has 3 amide bonds. The van der Waals surface area contributed by atoms with Gasteiger partial charge in [0.05, 0.1) is 6.04 Å². The molecule has 226 valence electrons. The number of aliphatic imine (C=N–C) groups is 1. The lowest BCUT2D eigenvalue weighted by atomic mass is 10.00. The van der Waals surface area contributed by atoms with Crippen molar-refractivity contribution in [2.45, 2.75) is 63.7 Å². The van der Waals surface area contributed by atoms with Crippen molar-refractivity contribution in [3.05, 3.63) is 36.0 Å². The van der Waals surface area contributed by atoms with E-state index in [1.165, 1.54) is 11.8 Å². The number of benzene rings is 1. The second kappa shape index (κ2) is 16.5. The zero-order chi connectivity index (χ0) is 30.5. The average Bonchev–Trinajstić information content (AvgIpc) is 3.32. The standard InChI is InChI=1S/C27H42N8O5S/c1-15(2)22(35-23(36)18(28)13-16-14-32-19-8-5-4-7-17(16)19)25(38)33-20(9-6-11-31-27(29)30)24(37)34-21(26(39)40)10-12-41-3/h4-5,7-8,14-15,18,20-22,32H,6,9-13,28H2,1-3H3,(H,33,38)(H,34,37)(H,35,36)(H,39,40)(H4,29,30,31). The van der Waals surface area contributed by atoms with E-state index in [0.29, 0.717) is 12.2 Å². The van der Waals surface area contributed by atoms with Crippen LogP contribution in [0, 0.1) is 5.92 Å². The van der Waals surface area contributed by atoms with Crippen molar-refractivity contribution in [1.82, 2.24) is 20.9 Å². The van der Waals surface area contributed by atoms with Gasteiger partial charge in [-0.15, -0.1) is 0 Å². The fourth-order valence-electron chi connectivity index (χ4n) is 4.22. The molecule has 1 aromatic carbocycles. The number of rotatable bonds is 17. The lowest BCUT2D eigenvalue weighted by molar-refractivity contribution is -0.142. The van der Waals surface area contributed by atoms with E-state index in [2.05, 4.69) is 25.9 Å². The van der Waals surface area contributed by atoms with Crippen molar-refractivity contribution < 1.29 is 24.3 Å². The van der Waals surface area contributed by atoms with Crippen molar-refractivity contribution >= 4 is 52.3 Å². The molecule has 1 heterocycles. The molecule has 0 fully saturated rings. The number of carbonyl (C=O) groups excluding carboxylic acids is 3. The number of fused-ring (bicyclic) bond motifs is 1. The Bertz CT molecular complexity index is 1210. The summed E-state index contributed by atoms with van der Waals surface area (Å²) in [4.78, 5) is 58.2. The van der Waals surface area contributed by atoms with Gasteiger partial charge in [-0.1, -0.05) is 32.0 Å². The summed E-state index contributed by atoms with van der Waals surface area (Å²) in [5.74, 6) is -2.84. The molecule has 2 aromatic rings. The highest BCUT2D eigenvalue weighted by Crippen LogP contribution is 2.19. The minimum absolute atomic E-state index is 0.107. The van der Waals surface area contributed by atoms with Gasteiger partial charge in [-0.2, -0.15) is 11.8 Å². The molecule has 41 heavy (non-hydrogen) atoms. The van der Waals surface area contributed by atoms with E-state index in [0.717, 1.165) is 16.5 Å². The van der Waals surface area contributed by atoms with Gasteiger partial charge in [0.25, 0.3) is 0 Å². The first-order valence-corrected chi connectivity index (χ1v) is 14.8. The van der Waals surface area contributed by atoms with Crippen LogP contribution in [0.15, 0.2) is 35.5 Å². The highest BCUT2D eigenvalue weighted by Gasteiger charge is 2.31. The number of aliphatic carboxylic acids is 1. The Morgan fingerprint density at radius 1 is 1.00 bits per heavy atom. The Morgan fingerprint density at radius 3 is 2.32 bits per heavy atom. The summed E-state index contributed by atoms with van der Waals surface area (Å²) in [5, 5.41) is 18.4. The summed E-state index contributed by atoms with van der Waals surface area (Å²) in [6, 6.07) is 3.56. The number of nitrogens with zero attached hydrogens (tertiary/aromatic N) is 1. The van der Waals surface area contributed by atoms with E-state index >= 15 is 0 Å². The zero-order valence-corrected chi connectivity index (χ0v) is 24.5. The Hall–Kier alpha value is -3.78. The molecule has 0 aliphatic carbocycles. The van der Waals surface area contributed by atoms with Gasteiger partial charge < -0.3 is 43.2 Å². The summed E-state index contributed by atoms with van der Waals surface area (Å²) < 4.78 is 0. The van der Waals surface area contributed by atoms with E-state index < -0.39 is 47.9 Å². The van der Waals surface area contributed by atoms with E-state index in [1.807, 2.05) is 30.5 Å². The van der Waals surface area contributed by atoms with E-state index in [1.54, 1.807) is 20.0 Å². The lowest BCUT2D eigenvalue weighted by Crippen LogP contribution is -2.58. The van der Waals surface area contributed by atoms with E-state index in [9.17, 15) is 24.3 Å². The van der Waals surface area contributed by atoms with Gasteiger partial charge in [0.15, 0.2) is 5.96 Å². The van der Waals surface area contributed by atoms with Crippen LogP contribution in [0.5, 0.6) is 0 Å². The Labute approximate surface area is 243 Å². The number of amides is 3. The fourth-order valence-corrected chi connectivity index (χ4v) is 4.70. The molecule has 0 aliphatic rings. The molecule has 2 rings (SSSR count). The molecular formula is C27H42N8O5S. The number of para-hydroxylation sites is 1. The van der Waals surface area contributed by atoms with Crippen molar-refractivity contribution in [3.8, 4) is 0 Å². The number of aromatic nitrogens is 1. The predicted molar refractivity (Wildman–Crippen MR) is 161 cm³/mol. The molecule has 0 saturated carbocycles. The third kappa shape index (κ3) is 10.6. The molecule has 1 aromatic heterocycles. The number of H-pyrrole nitrogens is 1. The summed E-state index contributed by atoms with van der Waals surface area (Å²) in [6.45, 7) is 3.72. The third-order valence-corrected chi connectivity index (χ3v) is 7.15. The monoisotopic (exact) mass is 590 g/mol. The van der Waals surface area contributed by atoms with Gasteiger partial charge in [0, 0.05) is 23.6 Å². The number of guanidine groups is 1. The number of thioether (sulfide) groups is 1. The quantitative estimate of drug-likeness (QED) is 0.0705. The smallest absolute Gasteiger partial charge is 0.326 e. The largest absolute Gasteiger partial charge is 0.480 e. The SMILES string of the molecule is CSCCC(NC(=O)C(CCCN=C(N)N)NC(=O)C(NC(=O)C(N)Cc1c[nH]c2ccccc12)C(C)C)C(=O)O. The van der Waals surface area contributed by atoms with Crippen molar-refractivity contribution in [2.75, 3.05) is 18.6 Å². The minimum atomic E-state index is -1.17. The number of aromatic amines is 1. The Kier molecular flexibility index (Phi) is 13.4. The first kappa shape index (κ1) is 33.4. The maximum Gasteiger partial charge on any atom is 0.326 e. The predicted octanol–water partition coefficient (Wildman–Crippen LogP) is 0.0394. The highest BCUT2D eigenvalue weighted by atomic mass is 32.2. The lowest BCUT2D eigenvalue weighted by Gasteiger charge is -2.27. The summed E-state index contributed by atoms with van der Waals surface area (Å²) in [5.41, 5.74) is 18.8. The molecule has 4 atom stereocenters. The zero-order valence-electron chi connectivity index (χ0n) is 23.7. The maximum atomic E-state index is 13.3. The van der Waals surface area contributed by atoms with Gasteiger partial charge in [0.2, 0.25) is 17.7 Å². The van der Waals surface area contributed by atoms with Crippen molar-refractivity contribution in [2.24, 2.45) is 28.1 Å². The molecule has 0 spiro atoms. The first-order chi connectivity index (χ1) is 19.4. The molecule has 0 radical (unpaired) electrons. The van der Waals surface area contributed by atoms with E-state index in [4.69, 9.17) is 17.2 Å². The van der Waals surface area contributed by atoms with Gasteiger partial charge in [-0.25, -0.2) is 4.79 Å². The van der Waals surface area contributed by atoms with Crippen LogP contribution >= 0.6 is 11.8 Å². The molecule has 11 N–H and O–H groups in total.